The molecule has 0 aliphatic carbocycles. The first-order chi connectivity index (χ1) is 10.2. The molecule has 21 heavy (non-hydrogen) atoms. The predicted octanol–water partition coefficient (Wildman–Crippen LogP) is 3.70. The molecule has 2 nitrogen and oxygen atoms in total. The van der Waals surface area contributed by atoms with Crippen molar-refractivity contribution in [2.24, 2.45) is 0 Å². The minimum Gasteiger partial charge on any atom is -0.497 e. The van der Waals surface area contributed by atoms with E-state index in [1.54, 1.807) is 7.11 Å². The van der Waals surface area contributed by atoms with Crippen molar-refractivity contribution in [3.63, 3.8) is 0 Å². The van der Waals surface area contributed by atoms with Crippen LogP contribution in [0.2, 0.25) is 0 Å². The average molecular weight is 281 g/mol. The first-order valence-corrected chi connectivity index (χ1v) is 7.61. The Morgan fingerprint density at radius 2 is 1.86 bits per heavy atom. The van der Waals surface area contributed by atoms with Gasteiger partial charge in [-0.3, -0.25) is 0 Å². The van der Waals surface area contributed by atoms with Gasteiger partial charge in [-0.15, -0.1) is 0 Å². The second kappa shape index (κ2) is 5.90. The van der Waals surface area contributed by atoms with Crippen molar-refractivity contribution in [2.45, 2.75) is 25.3 Å². The summed E-state index contributed by atoms with van der Waals surface area (Å²) in [5.74, 6) is 1.36. The molecular weight excluding hydrogens is 258 g/mol. The Kier molecular flexibility index (Phi) is 3.98. The number of likely N-dealkylation sites (N-methyl/N-ethyl adjacent to an activating group) is 1. The molecule has 3 rings (SSSR count). The first kappa shape index (κ1) is 14.2. The molecule has 1 aliphatic heterocycles. The van der Waals surface area contributed by atoms with E-state index in [0.717, 1.165) is 18.7 Å². The zero-order valence-corrected chi connectivity index (χ0v) is 13.0. The normalized spacial score (nSPS) is 22.4. The van der Waals surface area contributed by atoms with Crippen LogP contribution in [-0.4, -0.2) is 31.6 Å². The Hall–Kier alpha value is -1.80. The Balaban J connectivity index is 2.10. The van der Waals surface area contributed by atoms with Gasteiger partial charge >= 0.3 is 0 Å². The molecule has 0 saturated heterocycles. The molecule has 0 fully saturated rings. The van der Waals surface area contributed by atoms with Crippen LogP contribution >= 0.6 is 0 Å². The third-order valence-corrected chi connectivity index (χ3v) is 4.67. The number of rotatable bonds is 2. The number of benzene rings is 2. The summed E-state index contributed by atoms with van der Waals surface area (Å²) in [5.41, 5.74) is 4.24. The fraction of sp³-hybridized carbons (Fsp3) is 0.368. The van der Waals surface area contributed by atoms with E-state index < -0.39 is 0 Å². The van der Waals surface area contributed by atoms with Gasteiger partial charge in [0.1, 0.15) is 5.75 Å². The van der Waals surface area contributed by atoms with Crippen molar-refractivity contribution >= 4 is 0 Å². The summed E-state index contributed by atoms with van der Waals surface area (Å²) in [6, 6.07) is 17.9. The van der Waals surface area contributed by atoms with E-state index in [1.165, 1.54) is 16.7 Å². The summed E-state index contributed by atoms with van der Waals surface area (Å²) in [5, 5.41) is 0. The minimum atomic E-state index is 0.409. The van der Waals surface area contributed by atoms with E-state index in [1.807, 2.05) is 0 Å². The number of hydrogen-bond acceptors (Lipinski definition) is 2. The van der Waals surface area contributed by atoms with Crippen LogP contribution < -0.4 is 4.74 Å². The molecule has 0 radical (unpaired) electrons. The van der Waals surface area contributed by atoms with Crippen molar-refractivity contribution in [1.82, 2.24) is 4.90 Å². The third-order valence-electron chi connectivity index (χ3n) is 4.67. The third kappa shape index (κ3) is 2.81. The molecule has 2 aromatic carbocycles. The van der Waals surface area contributed by atoms with Gasteiger partial charge in [0.25, 0.3) is 0 Å². The molecular formula is C19H23NO. The molecule has 0 spiro atoms. The average Bonchev–Trinajstić information content (AvgIpc) is 2.65. The molecule has 0 unspecified atom stereocenters. The van der Waals surface area contributed by atoms with Crippen molar-refractivity contribution in [1.29, 1.82) is 0 Å². The molecule has 0 amide bonds. The Bertz CT molecular complexity index is 608. The molecule has 2 heteroatoms. The van der Waals surface area contributed by atoms with Gasteiger partial charge in [-0.05, 0) is 49.2 Å². The topological polar surface area (TPSA) is 12.5 Å². The Morgan fingerprint density at radius 1 is 1.10 bits per heavy atom. The highest BCUT2D eigenvalue weighted by Gasteiger charge is 2.26. The van der Waals surface area contributed by atoms with E-state index in [2.05, 4.69) is 67.4 Å². The van der Waals surface area contributed by atoms with Gasteiger partial charge in [0.05, 0.1) is 7.11 Å². The summed E-state index contributed by atoms with van der Waals surface area (Å²) in [7, 11) is 3.97. The number of ether oxygens (including phenoxy) is 1. The van der Waals surface area contributed by atoms with Gasteiger partial charge in [0.2, 0.25) is 0 Å². The highest BCUT2D eigenvalue weighted by Crippen LogP contribution is 2.34. The standard InChI is InChI=1S/C19H23NO/c1-14-11-16-9-10-17(21-3)12-18(16)19(13-20(14)2)15-7-5-4-6-8-15/h4-10,12,14,19H,11,13H2,1-3H3/t14-,19+/m1/s1. The van der Waals surface area contributed by atoms with Crippen LogP contribution in [0.3, 0.4) is 0 Å². The van der Waals surface area contributed by atoms with Gasteiger partial charge in [-0.2, -0.15) is 0 Å². The maximum absolute atomic E-state index is 5.45. The summed E-state index contributed by atoms with van der Waals surface area (Å²) in [4.78, 5) is 2.46. The van der Waals surface area contributed by atoms with Crippen LogP contribution in [0.1, 0.15) is 29.5 Å². The largest absolute Gasteiger partial charge is 0.497 e. The number of hydrogen-bond donors (Lipinski definition) is 0. The lowest BCUT2D eigenvalue weighted by Crippen LogP contribution is -2.32. The SMILES string of the molecule is COc1ccc2c(c1)[C@H](c1ccccc1)CN(C)[C@H](C)C2. The molecule has 110 valence electrons. The van der Waals surface area contributed by atoms with Crippen molar-refractivity contribution in [3.8, 4) is 5.75 Å². The highest BCUT2D eigenvalue weighted by atomic mass is 16.5. The maximum atomic E-state index is 5.45. The zero-order chi connectivity index (χ0) is 14.8. The number of nitrogens with zero attached hydrogens (tertiary/aromatic N) is 1. The van der Waals surface area contributed by atoms with Gasteiger partial charge in [-0.1, -0.05) is 36.4 Å². The molecule has 0 aromatic heterocycles. The van der Waals surface area contributed by atoms with E-state index in [9.17, 15) is 0 Å². The minimum absolute atomic E-state index is 0.409. The summed E-state index contributed by atoms with van der Waals surface area (Å²) < 4.78 is 5.45. The van der Waals surface area contributed by atoms with Crippen molar-refractivity contribution in [2.75, 3.05) is 20.7 Å². The molecule has 0 N–H and O–H groups in total. The second-order valence-electron chi connectivity index (χ2n) is 6.02. The summed E-state index contributed by atoms with van der Waals surface area (Å²) >= 11 is 0. The fourth-order valence-electron chi connectivity index (χ4n) is 3.22. The molecule has 0 saturated carbocycles. The monoisotopic (exact) mass is 281 g/mol. The lowest BCUT2D eigenvalue weighted by Gasteiger charge is -2.25. The summed E-state index contributed by atoms with van der Waals surface area (Å²) in [6.45, 7) is 3.35. The van der Waals surface area contributed by atoms with Crippen LogP contribution in [0.25, 0.3) is 0 Å². The smallest absolute Gasteiger partial charge is 0.119 e. The second-order valence-corrected chi connectivity index (χ2v) is 6.02. The van der Waals surface area contributed by atoms with Crippen LogP contribution in [0, 0.1) is 0 Å². The van der Waals surface area contributed by atoms with E-state index in [4.69, 9.17) is 4.74 Å². The molecule has 2 aromatic rings. The Labute approximate surface area is 127 Å². The summed E-state index contributed by atoms with van der Waals surface area (Å²) in [6.07, 6.45) is 1.10. The van der Waals surface area contributed by atoms with E-state index in [0.29, 0.717) is 12.0 Å². The maximum Gasteiger partial charge on any atom is 0.119 e. The Morgan fingerprint density at radius 3 is 2.57 bits per heavy atom. The van der Waals surface area contributed by atoms with E-state index >= 15 is 0 Å². The zero-order valence-electron chi connectivity index (χ0n) is 13.0. The lowest BCUT2D eigenvalue weighted by molar-refractivity contribution is 0.258. The van der Waals surface area contributed by atoms with Crippen LogP contribution in [-0.2, 0) is 6.42 Å². The number of methoxy groups -OCH3 is 1. The van der Waals surface area contributed by atoms with Crippen molar-refractivity contribution in [3.05, 3.63) is 65.2 Å². The first-order valence-electron chi connectivity index (χ1n) is 7.61. The van der Waals surface area contributed by atoms with Crippen LogP contribution in [0.5, 0.6) is 5.75 Å². The van der Waals surface area contributed by atoms with Crippen LogP contribution in [0.4, 0.5) is 0 Å². The van der Waals surface area contributed by atoms with Gasteiger partial charge in [-0.25, -0.2) is 0 Å². The number of fused-ring (bicyclic) bond motifs is 1. The van der Waals surface area contributed by atoms with Crippen LogP contribution in [0.15, 0.2) is 48.5 Å². The van der Waals surface area contributed by atoms with Gasteiger partial charge in [0, 0.05) is 18.5 Å². The predicted molar refractivity (Wildman–Crippen MR) is 87.1 cm³/mol. The molecule has 1 aliphatic rings. The molecule has 1 heterocycles. The lowest BCUT2D eigenvalue weighted by atomic mass is 9.87. The van der Waals surface area contributed by atoms with Gasteiger partial charge < -0.3 is 9.64 Å². The van der Waals surface area contributed by atoms with Gasteiger partial charge in [0.15, 0.2) is 0 Å². The highest BCUT2D eigenvalue weighted by molar-refractivity contribution is 5.44. The fourth-order valence-corrected chi connectivity index (χ4v) is 3.22. The molecule has 0 bridgehead atoms. The van der Waals surface area contributed by atoms with E-state index in [-0.39, 0.29) is 0 Å². The molecule has 2 atom stereocenters. The van der Waals surface area contributed by atoms with Crippen molar-refractivity contribution < 1.29 is 4.74 Å². The quantitative estimate of drug-likeness (QED) is 0.832.